The molecule has 0 aromatic heterocycles. The van der Waals surface area contributed by atoms with Gasteiger partial charge in [0, 0.05) is 24.7 Å². The van der Waals surface area contributed by atoms with Crippen molar-refractivity contribution in [1.82, 2.24) is 0 Å². The van der Waals surface area contributed by atoms with Crippen LogP contribution >= 0.6 is 0 Å². The monoisotopic (exact) mass is 322 g/mol. The Kier molecular flexibility index (Phi) is 3.35. The topological polar surface area (TPSA) is 77.8 Å². The fraction of sp³-hybridized carbons (Fsp3) is 0.947. The standard InChI is InChI=1S/C19H30O4/c1-17-7-8-19(22,23)10-11(17)9-14(20)16-12-3-4-15(21)18(12,2)6-5-13(16)17/h11-14,16,20,22-23H,3-10H2,1-2H3/t11?,12-,13-,14+,16-,17-,18-/m0/s1. The molecular weight excluding hydrogens is 292 g/mol. The lowest BCUT2D eigenvalue weighted by molar-refractivity contribution is -0.244. The molecule has 4 saturated carbocycles. The van der Waals surface area contributed by atoms with E-state index in [-0.39, 0.29) is 22.7 Å². The van der Waals surface area contributed by atoms with Gasteiger partial charge in [0.15, 0.2) is 5.79 Å². The van der Waals surface area contributed by atoms with E-state index in [1.807, 2.05) is 0 Å². The molecule has 4 heteroatoms. The number of hydrogen-bond acceptors (Lipinski definition) is 4. The van der Waals surface area contributed by atoms with Gasteiger partial charge in [-0.1, -0.05) is 13.8 Å². The molecule has 130 valence electrons. The van der Waals surface area contributed by atoms with Gasteiger partial charge in [-0.3, -0.25) is 4.79 Å². The molecule has 4 nitrogen and oxygen atoms in total. The van der Waals surface area contributed by atoms with E-state index in [0.717, 1.165) is 25.7 Å². The van der Waals surface area contributed by atoms with Crippen LogP contribution in [0.25, 0.3) is 0 Å². The summed E-state index contributed by atoms with van der Waals surface area (Å²) in [5.41, 5.74) is -0.149. The SMILES string of the molecule is C[C@]12CCC(O)(O)CC1C[C@@H](O)[C@@H]1[C@@H]2CC[C@]2(C)C(=O)CC[C@@H]12. The van der Waals surface area contributed by atoms with Crippen molar-refractivity contribution in [3.63, 3.8) is 0 Å². The third-order valence-electron chi connectivity index (χ3n) is 8.43. The molecule has 23 heavy (non-hydrogen) atoms. The Hall–Kier alpha value is -0.450. The number of carbonyl (C=O) groups is 1. The highest BCUT2D eigenvalue weighted by Crippen LogP contribution is 2.65. The number of carbonyl (C=O) groups excluding carboxylic acids is 1. The summed E-state index contributed by atoms with van der Waals surface area (Å²) >= 11 is 0. The minimum atomic E-state index is -1.57. The summed E-state index contributed by atoms with van der Waals surface area (Å²) in [6, 6.07) is 0. The van der Waals surface area contributed by atoms with Gasteiger partial charge < -0.3 is 15.3 Å². The first-order valence-electron chi connectivity index (χ1n) is 9.33. The summed E-state index contributed by atoms with van der Waals surface area (Å²) in [4.78, 5) is 12.4. The summed E-state index contributed by atoms with van der Waals surface area (Å²) in [5, 5.41) is 31.0. The van der Waals surface area contributed by atoms with Crippen LogP contribution in [0, 0.1) is 34.5 Å². The first kappa shape index (κ1) is 16.0. The molecule has 3 N–H and O–H groups in total. The van der Waals surface area contributed by atoms with Gasteiger partial charge in [0.25, 0.3) is 0 Å². The predicted molar refractivity (Wildman–Crippen MR) is 85.3 cm³/mol. The minimum absolute atomic E-state index is 0.0752. The first-order chi connectivity index (χ1) is 10.7. The van der Waals surface area contributed by atoms with Gasteiger partial charge in [-0.05, 0) is 61.2 Å². The average molecular weight is 322 g/mol. The molecule has 0 aromatic rings. The van der Waals surface area contributed by atoms with Crippen LogP contribution in [0.5, 0.6) is 0 Å². The zero-order valence-corrected chi connectivity index (χ0v) is 14.3. The van der Waals surface area contributed by atoms with Crippen molar-refractivity contribution in [2.75, 3.05) is 0 Å². The number of fused-ring (bicyclic) bond motifs is 5. The molecule has 4 rings (SSSR count). The number of hydrogen-bond donors (Lipinski definition) is 3. The quantitative estimate of drug-likeness (QED) is 0.598. The van der Waals surface area contributed by atoms with Crippen molar-refractivity contribution in [3.8, 4) is 0 Å². The smallest absolute Gasteiger partial charge is 0.162 e. The Morgan fingerprint density at radius 3 is 2.52 bits per heavy atom. The van der Waals surface area contributed by atoms with Crippen molar-refractivity contribution in [3.05, 3.63) is 0 Å². The van der Waals surface area contributed by atoms with Gasteiger partial charge in [-0.2, -0.15) is 0 Å². The molecule has 0 aliphatic heterocycles. The van der Waals surface area contributed by atoms with Crippen LogP contribution in [-0.4, -0.2) is 33.0 Å². The number of aliphatic hydroxyl groups is 3. The minimum Gasteiger partial charge on any atom is -0.393 e. The Balaban J connectivity index is 1.68. The molecule has 0 spiro atoms. The Bertz CT molecular complexity index is 529. The molecule has 0 saturated heterocycles. The normalized spacial score (nSPS) is 55.0. The molecule has 0 aromatic carbocycles. The fourth-order valence-corrected chi connectivity index (χ4v) is 6.97. The highest BCUT2D eigenvalue weighted by atomic mass is 16.5. The number of aliphatic hydroxyl groups excluding tert-OH is 1. The Morgan fingerprint density at radius 1 is 1.04 bits per heavy atom. The second-order valence-electron chi connectivity index (χ2n) is 9.40. The summed E-state index contributed by atoms with van der Waals surface area (Å²) in [6.45, 7) is 4.42. The molecule has 0 heterocycles. The van der Waals surface area contributed by atoms with Crippen molar-refractivity contribution in [2.45, 2.75) is 77.1 Å². The molecular formula is C19H30O4. The fourth-order valence-electron chi connectivity index (χ4n) is 6.97. The van der Waals surface area contributed by atoms with E-state index in [1.54, 1.807) is 0 Å². The maximum atomic E-state index is 12.4. The predicted octanol–water partition coefficient (Wildman–Crippen LogP) is 2.25. The molecule has 0 radical (unpaired) electrons. The highest BCUT2D eigenvalue weighted by Gasteiger charge is 2.63. The van der Waals surface area contributed by atoms with Gasteiger partial charge in [0.1, 0.15) is 5.78 Å². The van der Waals surface area contributed by atoms with Crippen LogP contribution in [0.3, 0.4) is 0 Å². The van der Waals surface area contributed by atoms with Crippen LogP contribution < -0.4 is 0 Å². The average Bonchev–Trinajstić information content (AvgIpc) is 2.77. The summed E-state index contributed by atoms with van der Waals surface area (Å²) in [7, 11) is 0. The lowest BCUT2D eigenvalue weighted by Gasteiger charge is -2.62. The number of ketones is 1. The van der Waals surface area contributed by atoms with E-state index in [2.05, 4.69) is 13.8 Å². The van der Waals surface area contributed by atoms with Crippen LogP contribution in [-0.2, 0) is 4.79 Å². The van der Waals surface area contributed by atoms with Crippen LogP contribution in [0.4, 0.5) is 0 Å². The van der Waals surface area contributed by atoms with Crippen molar-refractivity contribution in [2.24, 2.45) is 34.5 Å². The lowest BCUT2D eigenvalue weighted by atomic mass is 9.44. The van der Waals surface area contributed by atoms with E-state index in [4.69, 9.17) is 0 Å². The third kappa shape index (κ3) is 2.11. The second-order valence-corrected chi connectivity index (χ2v) is 9.40. The van der Waals surface area contributed by atoms with E-state index in [1.165, 1.54) is 0 Å². The summed E-state index contributed by atoms with van der Waals surface area (Å²) in [6.07, 6.45) is 5.42. The van der Waals surface area contributed by atoms with E-state index >= 15 is 0 Å². The first-order valence-corrected chi connectivity index (χ1v) is 9.33. The van der Waals surface area contributed by atoms with Crippen molar-refractivity contribution < 1.29 is 20.1 Å². The van der Waals surface area contributed by atoms with E-state index < -0.39 is 11.9 Å². The highest BCUT2D eigenvalue weighted by molar-refractivity contribution is 5.87. The van der Waals surface area contributed by atoms with Crippen LogP contribution in [0.1, 0.15) is 65.2 Å². The van der Waals surface area contributed by atoms with Gasteiger partial charge >= 0.3 is 0 Å². The molecule has 7 atom stereocenters. The Labute approximate surface area is 138 Å². The largest absolute Gasteiger partial charge is 0.393 e. The van der Waals surface area contributed by atoms with E-state index in [0.29, 0.717) is 43.3 Å². The molecule has 4 aliphatic carbocycles. The zero-order valence-electron chi connectivity index (χ0n) is 14.3. The zero-order chi connectivity index (χ0) is 16.6. The molecule has 0 bridgehead atoms. The lowest BCUT2D eigenvalue weighted by Crippen LogP contribution is -2.60. The van der Waals surface area contributed by atoms with Crippen LogP contribution in [0.2, 0.25) is 0 Å². The summed E-state index contributed by atoms with van der Waals surface area (Å²) < 4.78 is 0. The molecule has 4 aliphatic rings. The van der Waals surface area contributed by atoms with Gasteiger partial charge in [-0.25, -0.2) is 0 Å². The molecule has 4 fully saturated rings. The van der Waals surface area contributed by atoms with Crippen LogP contribution in [0.15, 0.2) is 0 Å². The third-order valence-corrected chi connectivity index (χ3v) is 8.43. The van der Waals surface area contributed by atoms with E-state index in [9.17, 15) is 20.1 Å². The maximum absolute atomic E-state index is 12.4. The Morgan fingerprint density at radius 2 is 1.78 bits per heavy atom. The number of rotatable bonds is 0. The van der Waals surface area contributed by atoms with Gasteiger partial charge in [0.05, 0.1) is 6.10 Å². The summed E-state index contributed by atoms with van der Waals surface area (Å²) in [5.74, 6) is -0.0552. The maximum Gasteiger partial charge on any atom is 0.162 e. The van der Waals surface area contributed by atoms with Crippen molar-refractivity contribution >= 4 is 5.78 Å². The second kappa shape index (κ2) is 4.80. The van der Waals surface area contributed by atoms with Crippen molar-refractivity contribution in [1.29, 1.82) is 0 Å². The molecule has 0 amide bonds. The molecule has 1 unspecified atom stereocenters. The van der Waals surface area contributed by atoms with Gasteiger partial charge in [-0.15, -0.1) is 0 Å². The number of Topliss-reactive ketones (excluding diaryl/α,β-unsaturated/α-hetero) is 1. The van der Waals surface area contributed by atoms with Gasteiger partial charge in [0.2, 0.25) is 0 Å².